The summed E-state index contributed by atoms with van der Waals surface area (Å²) >= 11 is 0. The topological polar surface area (TPSA) is 265 Å². The van der Waals surface area contributed by atoms with Crippen LogP contribution in [0.25, 0.3) is 0 Å². The maximum Gasteiger partial charge on any atom is 2.00 e. The molecule has 0 unspecified atom stereocenters. The van der Waals surface area contributed by atoms with E-state index in [0.717, 1.165) is 0 Å². The average molecular weight is 601 g/mol. The first-order valence-corrected chi connectivity index (χ1v) is 12.0. The molecule has 0 heterocycles. The summed E-state index contributed by atoms with van der Waals surface area (Å²) in [6, 6.07) is -3.20. The van der Waals surface area contributed by atoms with Gasteiger partial charge in [-0.25, -0.2) is 0 Å². The molecule has 14 heteroatoms. The number of carbonyl (C=O) groups is 4. The molecule has 0 aromatic carbocycles. The molecule has 0 rings (SSSR count). The molecule has 0 aromatic rings. The van der Waals surface area contributed by atoms with Crippen LogP contribution in [0.3, 0.4) is 0 Å². The smallest absolute Gasteiger partial charge is 0.548 e. The molecule has 0 fully saturated rings. The van der Waals surface area contributed by atoms with Gasteiger partial charge in [0, 0.05) is 24.2 Å². The fourth-order valence-corrected chi connectivity index (χ4v) is 2.42. The molecule has 0 aliphatic carbocycles. The third-order valence-electron chi connectivity index (χ3n) is 4.11. The molecule has 38 heavy (non-hydrogen) atoms. The number of aliphatic carboxylic acids is 4. The molecule has 12 nitrogen and oxygen atoms in total. The molecule has 0 aliphatic rings. The summed E-state index contributed by atoms with van der Waals surface area (Å²) in [4.78, 5) is 40.0. The van der Waals surface area contributed by atoms with E-state index in [4.69, 9.17) is 22.9 Å². The number of hydrogen-bond donors (Lipinski definition) is 4. The van der Waals surface area contributed by atoms with Crippen LogP contribution in [0.15, 0.2) is 0 Å². The van der Waals surface area contributed by atoms with E-state index in [-0.39, 0.29) is 75.5 Å². The van der Waals surface area contributed by atoms with Crippen LogP contribution < -0.4 is 43.4 Å². The van der Waals surface area contributed by atoms with Crippen molar-refractivity contribution in [3.8, 4) is 0 Å². The van der Waals surface area contributed by atoms with E-state index in [1.165, 1.54) is 0 Å². The van der Waals surface area contributed by atoms with Crippen LogP contribution >= 0.6 is 0 Å². The van der Waals surface area contributed by atoms with Crippen molar-refractivity contribution in [2.24, 2.45) is 46.6 Å². The minimum atomic E-state index is -1.16. The van der Waals surface area contributed by atoms with Crippen molar-refractivity contribution < 1.29 is 39.6 Å². The van der Waals surface area contributed by atoms with Crippen LogP contribution in [0.5, 0.6) is 0 Å². The third kappa shape index (κ3) is 43.3. The normalized spacial score (nSPS) is 13.1. The summed E-state index contributed by atoms with van der Waals surface area (Å²) in [6.45, 7) is 15.4. The predicted octanol–water partition coefficient (Wildman–Crippen LogP) is -4.32. The van der Waals surface area contributed by atoms with Gasteiger partial charge in [0.05, 0.1) is 23.9 Å². The van der Waals surface area contributed by atoms with E-state index in [1.54, 1.807) is 0 Å². The molecular weight excluding hydrogens is 552 g/mol. The molecule has 0 saturated carbocycles. The number of carboxylic acid groups (broad SMARTS) is 4. The number of carboxylic acids is 4. The Bertz CT molecular complexity index is 520. The number of nitrogens with two attached hydrogens (primary N) is 4. The molecule has 0 aliphatic heterocycles. The maximum atomic E-state index is 10.00. The van der Waals surface area contributed by atoms with E-state index in [1.807, 2.05) is 55.4 Å². The molecule has 0 amide bonds. The van der Waals surface area contributed by atoms with Crippen molar-refractivity contribution in [2.45, 2.75) is 105 Å². The first-order chi connectivity index (χ1) is 16.1. The molecular formula is C24H48Ca2N4O8. The standard InChI is InChI=1S/4C6H13NO2.2Ca/c4*1-4(2)3-5(7)6(8)9;;/h4*4-5H,3,7H2,1-2H3,(H,8,9);;/q;;;;2*+2/p-4/t4*5-;;/m0000../s1. The van der Waals surface area contributed by atoms with E-state index < -0.39 is 48.0 Å². The molecule has 8 N–H and O–H groups in total. The fraction of sp³-hybridized carbons (Fsp3) is 0.833. The Hall–Kier alpha value is 0.239. The van der Waals surface area contributed by atoms with Crippen molar-refractivity contribution >= 4 is 99.4 Å². The monoisotopic (exact) mass is 600 g/mol. The Morgan fingerprint density at radius 2 is 0.526 bits per heavy atom. The summed E-state index contributed by atoms with van der Waals surface area (Å²) in [6.07, 6.45) is 1.95. The molecule has 0 saturated heterocycles. The van der Waals surface area contributed by atoms with Gasteiger partial charge in [-0.3, -0.25) is 0 Å². The Morgan fingerprint density at radius 3 is 0.553 bits per heavy atom. The van der Waals surface area contributed by atoms with Crippen molar-refractivity contribution in [1.82, 2.24) is 0 Å². The summed E-state index contributed by atoms with van der Waals surface area (Å²) in [5, 5.41) is 40.0. The van der Waals surface area contributed by atoms with Crippen LogP contribution in [0.1, 0.15) is 81.1 Å². The van der Waals surface area contributed by atoms with E-state index in [9.17, 15) is 39.6 Å². The molecule has 4 atom stereocenters. The van der Waals surface area contributed by atoms with Crippen LogP contribution in [0.2, 0.25) is 0 Å². The van der Waals surface area contributed by atoms with Gasteiger partial charge in [0.15, 0.2) is 0 Å². The summed E-state index contributed by atoms with van der Waals surface area (Å²) in [5.74, 6) is -3.38. The minimum Gasteiger partial charge on any atom is -0.548 e. The van der Waals surface area contributed by atoms with Gasteiger partial charge in [0.25, 0.3) is 0 Å². The van der Waals surface area contributed by atoms with Crippen molar-refractivity contribution in [3.63, 3.8) is 0 Å². The zero-order valence-electron chi connectivity index (χ0n) is 24.4. The van der Waals surface area contributed by atoms with E-state index in [0.29, 0.717) is 49.4 Å². The van der Waals surface area contributed by atoms with Crippen LogP contribution in [0.4, 0.5) is 0 Å². The fourth-order valence-electron chi connectivity index (χ4n) is 2.42. The minimum absolute atomic E-state index is 0. The summed E-state index contributed by atoms with van der Waals surface area (Å²) in [5.41, 5.74) is 20.6. The Labute approximate surface area is 288 Å². The first kappa shape index (κ1) is 51.0. The summed E-state index contributed by atoms with van der Waals surface area (Å²) in [7, 11) is 0. The van der Waals surface area contributed by atoms with Gasteiger partial charge in [-0.15, -0.1) is 0 Å². The van der Waals surface area contributed by atoms with Crippen LogP contribution in [0, 0.1) is 23.7 Å². The quantitative estimate of drug-likeness (QED) is 0.155. The average Bonchev–Trinajstić information content (AvgIpc) is 2.67. The second kappa shape index (κ2) is 30.2. The van der Waals surface area contributed by atoms with Gasteiger partial charge in [0.1, 0.15) is 0 Å². The Balaban J connectivity index is -0.0000000883. The second-order valence-corrected chi connectivity index (χ2v) is 10.2. The van der Waals surface area contributed by atoms with Crippen molar-refractivity contribution in [2.75, 3.05) is 0 Å². The molecule has 0 radical (unpaired) electrons. The predicted molar refractivity (Wildman–Crippen MR) is 141 cm³/mol. The van der Waals surface area contributed by atoms with Crippen LogP contribution in [-0.2, 0) is 19.2 Å². The maximum absolute atomic E-state index is 10.00. The Kier molecular flexibility index (Phi) is 40.6. The second-order valence-electron chi connectivity index (χ2n) is 10.2. The molecule has 0 bridgehead atoms. The van der Waals surface area contributed by atoms with E-state index >= 15 is 0 Å². The van der Waals surface area contributed by atoms with Crippen molar-refractivity contribution in [3.05, 3.63) is 0 Å². The zero-order chi connectivity index (χ0) is 29.8. The number of rotatable bonds is 12. The molecule has 0 spiro atoms. The zero-order valence-corrected chi connectivity index (χ0v) is 28.9. The molecule has 0 aromatic heterocycles. The molecule has 216 valence electrons. The van der Waals surface area contributed by atoms with Gasteiger partial charge in [-0.2, -0.15) is 0 Å². The van der Waals surface area contributed by atoms with Gasteiger partial charge >= 0.3 is 75.5 Å². The van der Waals surface area contributed by atoms with Gasteiger partial charge in [-0.1, -0.05) is 55.4 Å². The van der Waals surface area contributed by atoms with E-state index in [2.05, 4.69) is 0 Å². The van der Waals surface area contributed by atoms with Gasteiger partial charge < -0.3 is 62.5 Å². The number of hydrogen-bond acceptors (Lipinski definition) is 12. The van der Waals surface area contributed by atoms with Crippen molar-refractivity contribution in [1.29, 1.82) is 0 Å². The summed E-state index contributed by atoms with van der Waals surface area (Å²) < 4.78 is 0. The number of carbonyl (C=O) groups excluding carboxylic acids is 4. The van der Waals surface area contributed by atoms with Crippen LogP contribution in [-0.4, -0.2) is 124 Å². The first-order valence-electron chi connectivity index (χ1n) is 12.0. The SMILES string of the molecule is CC(C)C[C@H](N)C(=O)[O-].CC(C)C[C@H](N)C(=O)[O-].CC(C)C[C@H](N)C(=O)[O-].CC(C)C[C@H](N)C(=O)[O-].[Ca+2].[Ca+2]. The van der Waals surface area contributed by atoms with Gasteiger partial charge in [-0.05, 0) is 49.4 Å². The third-order valence-corrected chi connectivity index (χ3v) is 4.11. The van der Waals surface area contributed by atoms with Gasteiger partial charge in [0.2, 0.25) is 0 Å². The largest absolute Gasteiger partial charge is 2.00 e. The Morgan fingerprint density at radius 1 is 0.421 bits per heavy atom.